The first-order chi connectivity index (χ1) is 9.25. The van der Waals surface area contributed by atoms with E-state index in [1.807, 2.05) is 30.6 Å². The van der Waals surface area contributed by atoms with E-state index in [0.29, 0.717) is 0 Å². The maximum absolute atomic E-state index is 6.21. The lowest BCUT2D eigenvalue weighted by atomic mass is 10.1. The molecule has 100 valence electrons. The minimum absolute atomic E-state index is 0.0728. The molecule has 0 saturated heterocycles. The highest BCUT2D eigenvalue weighted by molar-refractivity contribution is 5.18. The van der Waals surface area contributed by atoms with Crippen LogP contribution in [0, 0.1) is 0 Å². The Morgan fingerprint density at radius 3 is 2.47 bits per heavy atom. The third kappa shape index (κ3) is 4.47. The van der Waals surface area contributed by atoms with Crippen molar-refractivity contribution in [1.29, 1.82) is 0 Å². The molecule has 0 spiro atoms. The summed E-state index contributed by atoms with van der Waals surface area (Å²) in [4.78, 5) is 6.30. The molecule has 19 heavy (non-hydrogen) atoms. The van der Waals surface area contributed by atoms with Crippen molar-refractivity contribution in [3.8, 4) is 0 Å². The van der Waals surface area contributed by atoms with Crippen molar-refractivity contribution in [3.63, 3.8) is 0 Å². The average Bonchev–Trinajstić information content (AvgIpc) is 2.47. The van der Waals surface area contributed by atoms with Gasteiger partial charge in [-0.25, -0.2) is 0 Å². The molecule has 0 amide bonds. The number of aromatic nitrogens is 1. The van der Waals surface area contributed by atoms with Crippen LogP contribution in [0.1, 0.15) is 17.2 Å². The molecule has 0 saturated carbocycles. The number of nitrogens with two attached hydrogens (primary N) is 1. The van der Waals surface area contributed by atoms with Gasteiger partial charge in [0.1, 0.15) is 0 Å². The number of benzene rings is 1. The number of nitrogens with zero attached hydrogens (tertiary/aromatic N) is 2. The van der Waals surface area contributed by atoms with Crippen LogP contribution >= 0.6 is 0 Å². The van der Waals surface area contributed by atoms with Gasteiger partial charge in [0.05, 0.1) is 0 Å². The first-order valence-electron chi connectivity index (χ1n) is 6.63. The second-order valence-corrected chi connectivity index (χ2v) is 4.88. The molecule has 0 aliphatic carbocycles. The highest BCUT2D eigenvalue weighted by Gasteiger charge is 2.08. The zero-order chi connectivity index (χ0) is 13.5. The fourth-order valence-electron chi connectivity index (χ4n) is 2.10. The van der Waals surface area contributed by atoms with Crippen LogP contribution in [0.25, 0.3) is 0 Å². The minimum Gasteiger partial charge on any atom is -0.323 e. The Balaban J connectivity index is 1.80. The zero-order valence-electron chi connectivity index (χ0n) is 11.4. The van der Waals surface area contributed by atoms with Gasteiger partial charge in [-0.3, -0.25) is 4.98 Å². The highest BCUT2D eigenvalue weighted by Crippen LogP contribution is 2.10. The zero-order valence-corrected chi connectivity index (χ0v) is 11.4. The van der Waals surface area contributed by atoms with Gasteiger partial charge in [-0.05, 0) is 36.7 Å². The summed E-state index contributed by atoms with van der Waals surface area (Å²) >= 11 is 0. The molecular weight excluding hydrogens is 234 g/mol. The summed E-state index contributed by atoms with van der Waals surface area (Å²) in [5.41, 5.74) is 8.72. The Morgan fingerprint density at radius 2 is 1.79 bits per heavy atom. The predicted molar refractivity (Wildman–Crippen MR) is 78.8 cm³/mol. The lowest BCUT2D eigenvalue weighted by molar-refractivity contribution is 0.316. The van der Waals surface area contributed by atoms with Crippen LogP contribution in [-0.4, -0.2) is 30.0 Å². The third-order valence-corrected chi connectivity index (χ3v) is 3.27. The van der Waals surface area contributed by atoms with Gasteiger partial charge in [-0.1, -0.05) is 30.3 Å². The Kier molecular flexibility index (Phi) is 5.07. The lowest BCUT2D eigenvalue weighted by Crippen LogP contribution is -2.30. The minimum atomic E-state index is 0.0728. The maximum atomic E-state index is 6.21. The normalized spacial score (nSPS) is 12.6. The second kappa shape index (κ2) is 7.02. The molecule has 2 rings (SSSR count). The monoisotopic (exact) mass is 255 g/mol. The van der Waals surface area contributed by atoms with E-state index in [1.54, 1.807) is 0 Å². The van der Waals surface area contributed by atoms with Gasteiger partial charge in [0, 0.05) is 31.5 Å². The largest absolute Gasteiger partial charge is 0.323 e. The van der Waals surface area contributed by atoms with E-state index in [4.69, 9.17) is 5.73 Å². The quantitative estimate of drug-likeness (QED) is 0.861. The van der Waals surface area contributed by atoms with Crippen LogP contribution in [-0.2, 0) is 6.42 Å². The summed E-state index contributed by atoms with van der Waals surface area (Å²) in [7, 11) is 2.12. The van der Waals surface area contributed by atoms with Gasteiger partial charge in [0.15, 0.2) is 0 Å². The summed E-state index contributed by atoms with van der Waals surface area (Å²) in [6.45, 7) is 1.87. The summed E-state index contributed by atoms with van der Waals surface area (Å²) in [5.74, 6) is 0. The number of pyridine rings is 1. The van der Waals surface area contributed by atoms with Crippen LogP contribution in [0.3, 0.4) is 0 Å². The number of rotatable bonds is 6. The topological polar surface area (TPSA) is 42.2 Å². The van der Waals surface area contributed by atoms with Crippen LogP contribution in [0.15, 0.2) is 54.9 Å². The van der Waals surface area contributed by atoms with Gasteiger partial charge < -0.3 is 10.6 Å². The molecule has 3 nitrogen and oxygen atoms in total. The highest BCUT2D eigenvalue weighted by atomic mass is 15.1. The molecule has 1 unspecified atom stereocenters. The third-order valence-electron chi connectivity index (χ3n) is 3.27. The molecule has 1 aromatic heterocycles. The molecule has 0 fully saturated rings. The molecule has 2 N–H and O–H groups in total. The SMILES string of the molecule is CN(CCc1ccncc1)CC(N)c1ccccc1. The van der Waals surface area contributed by atoms with Crippen LogP contribution in [0.4, 0.5) is 0 Å². The Morgan fingerprint density at radius 1 is 1.11 bits per heavy atom. The van der Waals surface area contributed by atoms with E-state index >= 15 is 0 Å². The molecule has 0 radical (unpaired) electrons. The van der Waals surface area contributed by atoms with Crippen molar-refractivity contribution in [3.05, 3.63) is 66.0 Å². The molecular formula is C16H21N3. The Labute approximate surface area is 115 Å². The molecule has 1 heterocycles. The summed E-state index contributed by atoms with van der Waals surface area (Å²) < 4.78 is 0. The molecule has 0 aliphatic heterocycles. The van der Waals surface area contributed by atoms with E-state index in [1.165, 1.54) is 11.1 Å². The Hall–Kier alpha value is -1.71. The number of hydrogen-bond acceptors (Lipinski definition) is 3. The first kappa shape index (κ1) is 13.7. The summed E-state index contributed by atoms with van der Waals surface area (Å²) in [6, 6.07) is 14.4. The second-order valence-electron chi connectivity index (χ2n) is 4.88. The van der Waals surface area contributed by atoms with Crippen molar-refractivity contribution < 1.29 is 0 Å². The molecule has 0 aliphatic rings. The number of hydrogen-bond donors (Lipinski definition) is 1. The smallest absolute Gasteiger partial charge is 0.0424 e. The van der Waals surface area contributed by atoms with Crippen LogP contribution in [0.5, 0.6) is 0 Å². The van der Waals surface area contributed by atoms with Gasteiger partial charge in [0.2, 0.25) is 0 Å². The first-order valence-corrected chi connectivity index (χ1v) is 6.63. The maximum Gasteiger partial charge on any atom is 0.0424 e. The fraction of sp³-hybridized carbons (Fsp3) is 0.312. The molecule has 0 bridgehead atoms. The van der Waals surface area contributed by atoms with E-state index in [2.05, 4.69) is 41.2 Å². The summed E-state index contributed by atoms with van der Waals surface area (Å²) in [5, 5.41) is 0. The van der Waals surface area contributed by atoms with Crippen LogP contribution < -0.4 is 5.73 Å². The average molecular weight is 255 g/mol. The molecule has 3 heteroatoms. The van der Waals surface area contributed by atoms with E-state index in [9.17, 15) is 0 Å². The van der Waals surface area contributed by atoms with E-state index < -0.39 is 0 Å². The van der Waals surface area contributed by atoms with Gasteiger partial charge >= 0.3 is 0 Å². The van der Waals surface area contributed by atoms with Crippen LogP contribution in [0.2, 0.25) is 0 Å². The molecule has 1 aromatic carbocycles. The van der Waals surface area contributed by atoms with Crippen molar-refractivity contribution in [2.24, 2.45) is 5.73 Å². The van der Waals surface area contributed by atoms with Crippen molar-refractivity contribution in [1.82, 2.24) is 9.88 Å². The number of likely N-dealkylation sites (N-methyl/N-ethyl adjacent to an activating group) is 1. The van der Waals surface area contributed by atoms with Crippen molar-refractivity contribution in [2.75, 3.05) is 20.1 Å². The van der Waals surface area contributed by atoms with Crippen molar-refractivity contribution >= 4 is 0 Å². The van der Waals surface area contributed by atoms with E-state index in [-0.39, 0.29) is 6.04 Å². The fourth-order valence-corrected chi connectivity index (χ4v) is 2.10. The predicted octanol–water partition coefficient (Wildman–Crippen LogP) is 2.26. The van der Waals surface area contributed by atoms with Gasteiger partial charge in [0.25, 0.3) is 0 Å². The lowest BCUT2D eigenvalue weighted by Gasteiger charge is -2.21. The molecule has 1 atom stereocenters. The van der Waals surface area contributed by atoms with Crippen molar-refractivity contribution in [2.45, 2.75) is 12.5 Å². The van der Waals surface area contributed by atoms with Gasteiger partial charge in [-0.2, -0.15) is 0 Å². The molecule has 2 aromatic rings. The Bertz CT molecular complexity index is 470. The summed E-state index contributed by atoms with van der Waals surface area (Å²) in [6.07, 6.45) is 4.70. The van der Waals surface area contributed by atoms with Gasteiger partial charge in [-0.15, -0.1) is 0 Å². The standard InChI is InChI=1S/C16H21N3/c1-19(12-9-14-7-10-18-11-8-14)13-16(17)15-5-3-2-4-6-15/h2-8,10-11,16H,9,12-13,17H2,1H3. The van der Waals surface area contributed by atoms with E-state index in [0.717, 1.165) is 19.5 Å².